The molecule has 0 aromatic rings. The first-order chi connectivity index (χ1) is 10.1. The standard InChI is InChI=1S/C17H36N2O2/c1-6-17(7-2)14-19(16(13-18-17)15(3)4)9-12-21-11-8-10-20-5/h15-16,18H,6-14H2,1-5H3. The van der Waals surface area contributed by atoms with Gasteiger partial charge in [0.25, 0.3) is 0 Å². The fourth-order valence-electron chi connectivity index (χ4n) is 3.23. The van der Waals surface area contributed by atoms with E-state index >= 15 is 0 Å². The number of nitrogens with one attached hydrogen (secondary N) is 1. The Morgan fingerprint density at radius 1 is 1.19 bits per heavy atom. The molecule has 0 amide bonds. The summed E-state index contributed by atoms with van der Waals surface area (Å²) in [5.74, 6) is 0.678. The van der Waals surface area contributed by atoms with Crippen molar-refractivity contribution in [1.82, 2.24) is 10.2 Å². The van der Waals surface area contributed by atoms with Crippen LogP contribution in [0.1, 0.15) is 47.0 Å². The van der Waals surface area contributed by atoms with Gasteiger partial charge in [-0.25, -0.2) is 0 Å². The number of rotatable bonds is 10. The Morgan fingerprint density at radius 2 is 1.90 bits per heavy atom. The minimum Gasteiger partial charge on any atom is -0.385 e. The number of ether oxygens (including phenoxy) is 2. The van der Waals surface area contributed by atoms with Gasteiger partial charge in [-0.05, 0) is 25.2 Å². The molecular weight excluding hydrogens is 264 g/mol. The van der Waals surface area contributed by atoms with E-state index in [1.54, 1.807) is 7.11 Å². The van der Waals surface area contributed by atoms with Gasteiger partial charge in [0.2, 0.25) is 0 Å². The molecule has 1 fully saturated rings. The molecule has 0 aromatic heterocycles. The van der Waals surface area contributed by atoms with Crippen molar-refractivity contribution in [3.05, 3.63) is 0 Å². The van der Waals surface area contributed by atoms with Gasteiger partial charge in [0.1, 0.15) is 0 Å². The van der Waals surface area contributed by atoms with E-state index in [9.17, 15) is 0 Å². The number of hydrogen-bond donors (Lipinski definition) is 1. The maximum Gasteiger partial charge on any atom is 0.0593 e. The second kappa shape index (κ2) is 9.78. The number of nitrogens with zero attached hydrogens (tertiary/aromatic N) is 1. The van der Waals surface area contributed by atoms with Crippen LogP contribution < -0.4 is 5.32 Å². The lowest BCUT2D eigenvalue weighted by Gasteiger charge is -2.49. The van der Waals surface area contributed by atoms with Crippen LogP contribution in [0.15, 0.2) is 0 Å². The monoisotopic (exact) mass is 300 g/mol. The molecule has 1 rings (SSSR count). The van der Waals surface area contributed by atoms with Gasteiger partial charge < -0.3 is 14.8 Å². The zero-order chi connectivity index (χ0) is 15.7. The number of methoxy groups -OCH3 is 1. The van der Waals surface area contributed by atoms with E-state index in [4.69, 9.17) is 9.47 Å². The van der Waals surface area contributed by atoms with Crippen molar-refractivity contribution in [3.63, 3.8) is 0 Å². The maximum atomic E-state index is 5.76. The zero-order valence-electron chi connectivity index (χ0n) is 14.8. The summed E-state index contributed by atoms with van der Waals surface area (Å²) in [6, 6.07) is 0.624. The first-order valence-corrected chi connectivity index (χ1v) is 8.64. The predicted molar refractivity (Wildman–Crippen MR) is 88.8 cm³/mol. The Balaban J connectivity index is 2.44. The summed E-state index contributed by atoms with van der Waals surface area (Å²) in [4.78, 5) is 2.64. The molecule has 1 N–H and O–H groups in total. The summed E-state index contributed by atoms with van der Waals surface area (Å²) in [5.41, 5.74) is 0.293. The largest absolute Gasteiger partial charge is 0.385 e. The minimum atomic E-state index is 0.293. The highest BCUT2D eigenvalue weighted by Gasteiger charge is 2.37. The smallest absolute Gasteiger partial charge is 0.0593 e. The first kappa shape index (κ1) is 18.9. The predicted octanol–water partition coefficient (Wildman–Crippen LogP) is 2.53. The molecule has 1 unspecified atom stereocenters. The fourth-order valence-corrected chi connectivity index (χ4v) is 3.23. The van der Waals surface area contributed by atoms with Gasteiger partial charge >= 0.3 is 0 Å². The number of hydrogen-bond acceptors (Lipinski definition) is 4. The van der Waals surface area contributed by atoms with Crippen LogP contribution in [0.3, 0.4) is 0 Å². The van der Waals surface area contributed by atoms with Crippen LogP contribution in [0.25, 0.3) is 0 Å². The normalized spacial score (nSPS) is 22.9. The average molecular weight is 300 g/mol. The van der Waals surface area contributed by atoms with Crippen molar-refractivity contribution in [2.45, 2.75) is 58.5 Å². The molecule has 1 aliphatic heterocycles. The Kier molecular flexibility index (Phi) is 8.79. The van der Waals surface area contributed by atoms with E-state index in [1.807, 2.05) is 0 Å². The van der Waals surface area contributed by atoms with Crippen molar-refractivity contribution < 1.29 is 9.47 Å². The first-order valence-electron chi connectivity index (χ1n) is 8.64. The Labute approximate surface area is 131 Å². The van der Waals surface area contributed by atoms with Gasteiger partial charge in [0.05, 0.1) is 6.61 Å². The Hall–Kier alpha value is -0.160. The molecule has 4 heteroatoms. The highest BCUT2D eigenvalue weighted by atomic mass is 16.5. The van der Waals surface area contributed by atoms with Crippen LogP contribution >= 0.6 is 0 Å². The third-order valence-electron chi connectivity index (χ3n) is 4.94. The molecule has 0 saturated carbocycles. The van der Waals surface area contributed by atoms with E-state index in [-0.39, 0.29) is 0 Å². The molecule has 1 aliphatic rings. The van der Waals surface area contributed by atoms with Gasteiger partial charge in [-0.15, -0.1) is 0 Å². The Bertz CT molecular complexity index is 268. The highest BCUT2D eigenvalue weighted by molar-refractivity contribution is 4.97. The topological polar surface area (TPSA) is 33.7 Å². The average Bonchev–Trinajstić information content (AvgIpc) is 2.50. The zero-order valence-corrected chi connectivity index (χ0v) is 14.8. The van der Waals surface area contributed by atoms with Gasteiger partial charge in [0.15, 0.2) is 0 Å². The molecule has 4 nitrogen and oxygen atoms in total. The van der Waals surface area contributed by atoms with E-state index in [0.29, 0.717) is 17.5 Å². The molecule has 0 spiro atoms. The van der Waals surface area contributed by atoms with Crippen molar-refractivity contribution in [2.75, 3.05) is 46.6 Å². The lowest BCUT2D eigenvalue weighted by atomic mass is 9.86. The summed E-state index contributed by atoms with van der Waals surface area (Å²) in [5, 5.41) is 3.81. The van der Waals surface area contributed by atoms with Crippen molar-refractivity contribution in [3.8, 4) is 0 Å². The van der Waals surface area contributed by atoms with E-state index in [1.165, 1.54) is 12.8 Å². The fraction of sp³-hybridized carbons (Fsp3) is 1.00. The minimum absolute atomic E-state index is 0.293. The second-order valence-corrected chi connectivity index (χ2v) is 6.61. The quantitative estimate of drug-likeness (QED) is 0.629. The van der Waals surface area contributed by atoms with Crippen LogP contribution in [-0.4, -0.2) is 63.0 Å². The maximum absolute atomic E-state index is 5.76. The lowest BCUT2D eigenvalue weighted by Crippen LogP contribution is -2.65. The van der Waals surface area contributed by atoms with Crippen LogP contribution in [0.4, 0.5) is 0 Å². The van der Waals surface area contributed by atoms with Crippen LogP contribution in [0.5, 0.6) is 0 Å². The molecule has 0 bridgehead atoms. The van der Waals surface area contributed by atoms with Crippen LogP contribution in [0.2, 0.25) is 0 Å². The summed E-state index contributed by atoms with van der Waals surface area (Å²) in [6.45, 7) is 14.9. The summed E-state index contributed by atoms with van der Waals surface area (Å²) in [7, 11) is 1.74. The third kappa shape index (κ3) is 5.85. The van der Waals surface area contributed by atoms with Gasteiger partial charge in [-0.1, -0.05) is 27.7 Å². The summed E-state index contributed by atoms with van der Waals surface area (Å²) in [6.07, 6.45) is 3.37. The van der Waals surface area contributed by atoms with Gasteiger partial charge in [-0.2, -0.15) is 0 Å². The summed E-state index contributed by atoms with van der Waals surface area (Å²) >= 11 is 0. The molecule has 0 aliphatic carbocycles. The molecule has 21 heavy (non-hydrogen) atoms. The molecule has 0 radical (unpaired) electrons. The molecule has 126 valence electrons. The molecular formula is C17H36N2O2. The van der Waals surface area contributed by atoms with Gasteiger partial charge in [0, 0.05) is 51.5 Å². The van der Waals surface area contributed by atoms with Crippen LogP contribution in [-0.2, 0) is 9.47 Å². The summed E-state index contributed by atoms with van der Waals surface area (Å²) < 4.78 is 10.8. The second-order valence-electron chi connectivity index (χ2n) is 6.61. The van der Waals surface area contributed by atoms with E-state index < -0.39 is 0 Å². The molecule has 1 saturated heterocycles. The van der Waals surface area contributed by atoms with Crippen molar-refractivity contribution >= 4 is 0 Å². The van der Waals surface area contributed by atoms with E-state index in [0.717, 1.165) is 45.9 Å². The third-order valence-corrected chi connectivity index (χ3v) is 4.94. The van der Waals surface area contributed by atoms with Crippen LogP contribution in [0, 0.1) is 5.92 Å². The molecule has 1 heterocycles. The lowest BCUT2D eigenvalue weighted by molar-refractivity contribution is 0.0188. The highest BCUT2D eigenvalue weighted by Crippen LogP contribution is 2.25. The molecule has 0 aromatic carbocycles. The molecule has 1 atom stereocenters. The van der Waals surface area contributed by atoms with Crippen molar-refractivity contribution in [1.29, 1.82) is 0 Å². The number of piperazine rings is 1. The SMILES string of the molecule is CCC1(CC)CN(CCOCCCOC)C(C(C)C)CN1. The van der Waals surface area contributed by atoms with Crippen molar-refractivity contribution in [2.24, 2.45) is 5.92 Å². The Morgan fingerprint density at radius 3 is 2.48 bits per heavy atom. The van der Waals surface area contributed by atoms with Gasteiger partial charge in [-0.3, -0.25) is 4.90 Å². The van der Waals surface area contributed by atoms with E-state index in [2.05, 4.69) is 37.9 Å².